The minimum absolute atomic E-state index is 0.105. The summed E-state index contributed by atoms with van der Waals surface area (Å²) in [7, 11) is 1.85. The SMILES string of the molecule is Cn1[nH]cc2cc3oc4cc(=O)cc(O)c4c3nc21. The molecule has 3 aromatic heterocycles. The summed E-state index contributed by atoms with van der Waals surface area (Å²) < 4.78 is 7.36. The first-order valence-electron chi connectivity index (χ1n) is 5.74. The molecule has 1 aromatic carbocycles. The number of aryl methyl sites for hydroxylation is 1. The Balaban J connectivity index is 2.30. The summed E-state index contributed by atoms with van der Waals surface area (Å²) in [6.07, 6.45) is 1.81. The molecule has 0 fully saturated rings. The lowest BCUT2D eigenvalue weighted by Gasteiger charge is -1.95. The number of phenolic OH excluding ortho intramolecular Hbond substituents is 1. The summed E-state index contributed by atoms with van der Waals surface area (Å²) in [5, 5.41) is 14.3. The van der Waals surface area contributed by atoms with E-state index in [1.54, 1.807) is 4.68 Å². The molecular weight excluding hydrogens is 246 g/mol. The predicted molar refractivity (Wildman–Crippen MR) is 70.3 cm³/mol. The maximum absolute atomic E-state index is 11.4. The molecule has 4 aromatic rings. The van der Waals surface area contributed by atoms with E-state index < -0.39 is 0 Å². The van der Waals surface area contributed by atoms with Gasteiger partial charge in [0, 0.05) is 30.8 Å². The molecule has 0 spiro atoms. The van der Waals surface area contributed by atoms with Crippen molar-refractivity contribution in [3.63, 3.8) is 0 Å². The Hall–Kier alpha value is -2.76. The molecule has 0 aliphatic carbocycles. The molecule has 0 aliphatic heterocycles. The number of pyridine rings is 1. The van der Waals surface area contributed by atoms with Gasteiger partial charge in [-0.25, -0.2) is 4.98 Å². The zero-order chi connectivity index (χ0) is 13.1. The zero-order valence-corrected chi connectivity index (χ0v) is 9.97. The number of rotatable bonds is 0. The van der Waals surface area contributed by atoms with E-state index in [9.17, 15) is 9.90 Å². The fraction of sp³-hybridized carbons (Fsp3) is 0.0769. The lowest BCUT2D eigenvalue weighted by molar-refractivity contribution is 0.481. The quantitative estimate of drug-likeness (QED) is 0.502. The van der Waals surface area contributed by atoms with Gasteiger partial charge in [-0.15, -0.1) is 0 Å². The fourth-order valence-electron chi connectivity index (χ4n) is 2.37. The summed E-state index contributed by atoms with van der Waals surface area (Å²) in [5.41, 5.74) is 1.91. The Morgan fingerprint density at radius 2 is 2.16 bits per heavy atom. The number of aromatic hydroxyl groups is 1. The van der Waals surface area contributed by atoms with Crippen molar-refractivity contribution in [1.82, 2.24) is 14.8 Å². The maximum Gasteiger partial charge on any atom is 0.186 e. The molecule has 0 amide bonds. The molecule has 0 radical (unpaired) electrons. The van der Waals surface area contributed by atoms with Crippen LogP contribution in [0.5, 0.6) is 5.75 Å². The average Bonchev–Trinajstić information content (AvgIpc) is 2.87. The minimum atomic E-state index is -0.290. The molecule has 0 unspecified atom stereocenters. The molecule has 3 heterocycles. The van der Waals surface area contributed by atoms with E-state index >= 15 is 0 Å². The minimum Gasteiger partial charge on any atom is -0.507 e. The third-order valence-corrected chi connectivity index (χ3v) is 3.24. The maximum atomic E-state index is 11.4. The van der Waals surface area contributed by atoms with E-state index in [1.165, 1.54) is 12.1 Å². The third-order valence-electron chi connectivity index (χ3n) is 3.24. The van der Waals surface area contributed by atoms with Crippen LogP contribution in [0.25, 0.3) is 33.1 Å². The van der Waals surface area contributed by atoms with Crippen LogP contribution in [0.3, 0.4) is 0 Å². The number of furan rings is 1. The molecule has 0 atom stereocenters. The largest absolute Gasteiger partial charge is 0.507 e. The molecule has 0 aliphatic rings. The average molecular weight is 255 g/mol. The fourth-order valence-corrected chi connectivity index (χ4v) is 2.37. The normalized spacial score (nSPS) is 11.8. The number of aromatic amines is 1. The molecule has 4 rings (SSSR count). The molecule has 6 heteroatoms. The molecule has 0 saturated heterocycles. The number of aromatic nitrogens is 3. The molecule has 0 bridgehead atoms. The molecule has 94 valence electrons. The Bertz CT molecular complexity index is 1010. The Kier molecular flexibility index (Phi) is 1.70. The van der Waals surface area contributed by atoms with Crippen molar-refractivity contribution in [2.45, 2.75) is 0 Å². The number of hydrogen-bond acceptors (Lipinski definition) is 4. The van der Waals surface area contributed by atoms with Gasteiger partial charge in [0.2, 0.25) is 0 Å². The van der Waals surface area contributed by atoms with Gasteiger partial charge in [-0.2, -0.15) is 0 Å². The molecular formula is C13H9N3O3. The summed E-state index contributed by atoms with van der Waals surface area (Å²) in [6, 6.07) is 4.35. The van der Waals surface area contributed by atoms with Gasteiger partial charge >= 0.3 is 0 Å². The van der Waals surface area contributed by atoms with Gasteiger partial charge in [-0.3, -0.25) is 9.48 Å². The number of hydrogen-bond donors (Lipinski definition) is 2. The lowest BCUT2D eigenvalue weighted by atomic mass is 10.2. The highest BCUT2D eigenvalue weighted by molar-refractivity contribution is 6.08. The van der Waals surface area contributed by atoms with E-state index in [0.717, 1.165) is 11.0 Å². The highest BCUT2D eigenvalue weighted by Crippen LogP contribution is 2.33. The van der Waals surface area contributed by atoms with Gasteiger partial charge in [-0.1, -0.05) is 0 Å². The lowest BCUT2D eigenvalue weighted by Crippen LogP contribution is -1.94. The molecule has 2 N–H and O–H groups in total. The Morgan fingerprint density at radius 3 is 3.00 bits per heavy atom. The zero-order valence-electron chi connectivity index (χ0n) is 9.97. The van der Waals surface area contributed by atoms with E-state index in [-0.39, 0.29) is 11.2 Å². The first kappa shape index (κ1) is 10.2. The number of benzene rings is 1. The highest BCUT2D eigenvalue weighted by Gasteiger charge is 2.15. The van der Waals surface area contributed by atoms with Crippen molar-refractivity contribution >= 4 is 33.1 Å². The van der Waals surface area contributed by atoms with Gasteiger partial charge in [0.25, 0.3) is 0 Å². The molecule has 6 nitrogen and oxygen atoms in total. The van der Waals surface area contributed by atoms with Crippen LogP contribution in [0.4, 0.5) is 0 Å². The third kappa shape index (κ3) is 1.25. The number of nitrogens with one attached hydrogen (secondary N) is 1. The van der Waals surface area contributed by atoms with Crippen molar-refractivity contribution < 1.29 is 9.52 Å². The van der Waals surface area contributed by atoms with E-state index in [4.69, 9.17) is 4.42 Å². The molecule has 0 saturated carbocycles. The smallest absolute Gasteiger partial charge is 0.186 e. The first-order chi connectivity index (χ1) is 9.13. The van der Waals surface area contributed by atoms with Crippen LogP contribution in [0.2, 0.25) is 0 Å². The van der Waals surface area contributed by atoms with Crippen LogP contribution >= 0.6 is 0 Å². The summed E-state index contributed by atoms with van der Waals surface area (Å²) in [4.78, 5) is 15.9. The van der Waals surface area contributed by atoms with E-state index in [2.05, 4.69) is 10.1 Å². The van der Waals surface area contributed by atoms with Gasteiger partial charge < -0.3 is 14.6 Å². The van der Waals surface area contributed by atoms with Crippen LogP contribution in [0.15, 0.2) is 33.6 Å². The second-order valence-electron chi connectivity index (χ2n) is 4.50. The molecule has 19 heavy (non-hydrogen) atoms. The van der Waals surface area contributed by atoms with Crippen LogP contribution in [-0.2, 0) is 7.05 Å². The summed E-state index contributed by atoms with van der Waals surface area (Å²) in [5.74, 6) is -0.105. The van der Waals surface area contributed by atoms with Crippen molar-refractivity contribution in [3.05, 3.63) is 34.6 Å². The van der Waals surface area contributed by atoms with E-state index in [0.29, 0.717) is 22.1 Å². The van der Waals surface area contributed by atoms with Crippen molar-refractivity contribution in [1.29, 1.82) is 0 Å². The van der Waals surface area contributed by atoms with Crippen molar-refractivity contribution in [3.8, 4) is 5.75 Å². The van der Waals surface area contributed by atoms with Gasteiger partial charge in [0.05, 0.1) is 5.39 Å². The van der Waals surface area contributed by atoms with Crippen LogP contribution in [0.1, 0.15) is 0 Å². The van der Waals surface area contributed by atoms with Crippen molar-refractivity contribution in [2.24, 2.45) is 7.05 Å². The van der Waals surface area contributed by atoms with Crippen LogP contribution in [-0.4, -0.2) is 19.9 Å². The second kappa shape index (κ2) is 3.17. The number of H-pyrrole nitrogens is 1. The summed E-state index contributed by atoms with van der Waals surface area (Å²) in [6.45, 7) is 0. The van der Waals surface area contributed by atoms with Gasteiger partial charge in [0.1, 0.15) is 16.8 Å². The first-order valence-corrected chi connectivity index (χ1v) is 5.74. The van der Waals surface area contributed by atoms with Crippen LogP contribution in [0, 0.1) is 0 Å². The van der Waals surface area contributed by atoms with Gasteiger partial charge in [-0.05, 0) is 6.07 Å². The number of nitrogens with zero attached hydrogens (tertiary/aromatic N) is 2. The Labute approximate surface area is 105 Å². The topological polar surface area (TPSA) is 84.0 Å². The predicted octanol–water partition coefficient (Wildman–Crippen LogP) is 1.87. The summed E-state index contributed by atoms with van der Waals surface area (Å²) >= 11 is 0. The number of phenols is 1. The second-order valence-corrected chi connectivity index (χ2v) is 4.50. The highest BCUT2D eigenvalue weighted by atomic mass is 16.3. The standard InChI is InChI=1S/C13H9N3O3/c1-16-13-6(5-14-16)2-10-12(15-13)11-8(18)3-7(17)4-9(11)19-10/h2-5,14,18H,1H3. The van der Waals surface area contributed by atoms with E-state index in [1.807, 2.05) is 19.3 Å². The number of fused-ring (bicyclic) bond motifs is 4. The van der Waals surface area contributed by atoms with Crippen LogP contribution < -0.4 is 5.43 Å². The Morgan fingerprint density at radius 1 is 1.32 bits per heavy atom. The van der Waals surface area contributed by atoms with Gasteiger partial charge in [0.15, 0.2) is 16.7 Å². The van der Waals surface area contributed by atoms with Crippen molar-refractivity contribution in [2.75, 3.05) is 0 Å². The monoisotopic (exact) mass is 255 g/mol.